The third kappa shape index (κ3) is 5.49. The first-order valence-corrected chi connectivity index (χ1v) is 12.0. The van der Waals surface area contributed by atoms with E-state index in [1.54, 1.807) is 6.08 Å². The minimum Gasteiger partial charge on any atom is -0.207 e. The van der Waals surface area contributed by atoms with Gasteiger partial charge in [0, 0.05) is 19.5 Å². The van der Waals surface area contributed by atoms with Crippen molar-refractivity contribution in [1.82, 2.24) is 24.9 Å². The van der Waals surface area contributed by atoms with E-state index in [0.717, 1.165) is 5.56 Å². The Hall–Kier alpha value is -2.76. The average Bonchev–Trinajstić information content (AvgIpc) is 3.36. The molecule has 2 heterocycles. The summed E-state index contributed by atoms with van der Waals surface area (Å²) in [6.45, 7) is 6.61. The third-order valence-electron chi connectivity index (χ3n) is 5.34. The Morgan fingerprint density at radius 1 is 1.26 bits per heavy atom. The van der Waals surface area contributed by atoms with Crippen molar-refractivity contribution in [2.75, 3.05) is 13.1 Å². The molecular weight excluding hydrogens is 410 g/mol. The molecule has 1 aromatic heterocycles. The van der Waals surface area contributed by atoms with Crippen molar-refractivity contribution in [1.29, 1.82) is 0 Å². The van der Waals surface area contributed by atoms with Crippen molar-refractivity contribution >= 4 is 10.0 Å². The number of aromatic nitrogens is 4. The van der Waals surface area contributed by atoms with Gasteiger partial charge in [0.25, 0.3) is 0 Å². The SMILES string of the molecule is C#CC/C(=C\C/C=C\C)S(=O)(=O)N1CCC(c2ccccc2)(c2nn[nH]n2)CC1.CC. The Bertz CT molecular complexity index is 998. The van der Waals surface area contributed by atoms with Gasteiger partial charge in [-0.25, -0.2) is 8.42 Å². The summed E-state index contributed by atoms with van der Waals surface area (Å²) in [5.74, 6) is 3.06. The Balaban J connectivity index is 0.00000166. The highest BCUT2D eigenvalue weighted by atomic mass is 32.2. The standard InChI is InChI=1S/C21H25N5O2S.C2H6/c1-3-5-7-13-19(10-4-2)29(27,28)26-16-14-21(15-17-26,20-22-24-25-23-20)18-11-8-6-9-12-18;1-2/h2-3,5-6,8-9,11-13H,7,10,14-17H2,1H3,(H,22,23,24,25);1-2H3/b5-3-,19-13+;. The van der Waals surface area contributed by atoms with E-state index in [9.17, 15) is 8.42 Å². The van der Waals surface area contributed by atoms with Crippen molar-refractivity contribution in [2.24, 2.45) is 0 Å². The quantitative estimate of drug-likeness (QED) is 0.521. The Kier molecular flexibility index (Phi) is 9.16. The maximum Gasteiger partial charge on any atom is 0.239 e. The number of hydrogen-bond acceptors (Lipinski definition) is 5. The predicted octanol–water partition coefficient (Wildman–Crippen LogP) is 3.81. The van der Waals surface area contributed by atoms with E-state index in [4.69, 9.17) is 6.42 Å². The normalized spacial score (nSPS) is 17.0. The van der Waals surface area contributed by atoms with Crippen LogP contribution in [0, 0.1) is 12.3 Å². The first kappa shape index (κ1) is 24.5. The molecule has 166 valence electrons. The van der Waals surface area contributed by atoms with Crippen LogP contribution < -0.4 is 0 Å². The van der Waals surface area contributed by atoms with Gasteiger partial charge in [-0.2, -0.15) is 9.52 Å². The lowest BCUT2D eigenvalue weighted by Crippen LogP contribution is -2.46. The molecule has 1 aromatic carbocycles. The number of terminal acetylenes is 1. The molecule has 0 aliphatic carbocycles. The summed E-state index contributed by atoms with van der Waals surface area (Å²) in [6.07, 6.45) is 12.7. The maximum absolute atomic E-state index is 13.2. The van der Waals surface area contributed by atoms with Crippen LogP contribution in [0.1, 0.15) is 57.8 Å². The fourth-order valence-corrected chi connectivity index (χ4v) is 5.31. The van der Waals surface area contributed by atoms with Crippen molar-refractivity contribution in [2.45, 2.75) is 51.9 Å². The summed E-state index contributed by atoms with van der Waals surface area (Å²) < 4.78 is 27.9. The van der Waals surface area contributed by atoms with Gasteiger partial charge in [0.2, 0.25) is 10.0 Å². The van der Waals surface area contributed by atoms with E-state index in [-0.39, 0.29) is 11.3 Å². The number of nitrogens with one attached hydrogen (secondary N) is 1. The summed E-state index contributed by atoms with van der Waals surface area (Å²) >= 11 is 0. The highest BCUT2D eigenvalue weighted by molar-refractivity contribution is 7.93. The zero-order valence-electron chi connectivity index (χ0n) is 18.5. The fraction of sp³-hybridized carbons (Fsp3) is 0.435. The molecule has 8 heteroatoms. The van der Waals surface area contributed by atoms with Crippen LogP contribution in [0.3, 0.4) is 0 Å². The molecular formula is C23H31N5O2S. The molecule has 0 bridgehead atoms. The number of H-pyrrole nitrogens is 1. The first-order chi connectivity index (χ1) is 15.0. The third-order valence-corrected chi connectivity index (χ3v) is 7.36. The van der Waals surface area contributed by atoms with Crippen molar-refractivity contribution in [3.63, 3.8) is 0 Å². The molecule has 1 fully saturated rings. The van der Waals surface area contributed by atoms with Gasteiger partial charge in [0.15, 0.2) is 5.82 Å². The van der Waals surface area contributed by atoms with Gasteiger partial charge in [-0.1, -0.05) is 67.6 Å². The van der Waals surface area contributed by atoms with Gasteiger partial charge in [-0.05, 0) is 31.7 Å². The molecule has 1 N–H and O–H groups in total. The molecule has 0 saturated carbocycles. The van der Waals surface area contributed by atoms with Crippen LogP contribution in [-0.2, 0) is 15.4 Å². The number of rotatable bonds is 7. The van der Waals surface area contributed by atoms with Crippen molar-refractivity contribution in [3.8, 4) is 12.3 Å². The van der Waals surface area contributed by atoms with Crippen LogP contribution in [0.25, 0.3) is 0 Å². The summed E-state index contributed by atoms with van der Waals surface area (Å²) in [5, 5.41) is 14.7. The molecule has 0 spiro atoms. The topological polar surface area (TPSA) is 91.8 Å². The molecule has 2 aromatic rings. The van der Waals surface area contributed by atoms with E-state index in [1.165, 1.54) is 4.31 Å². The number of allylic oxidation sites excluding steroid dienone is 4. The van der Waals surface area contributed by atoms with E-state index < -0.39 is 15.4 Å². The zero-order chi connectivity index (χ0) is 22.7. The van der Waals surface area contributed by atoms with Gasteiger partial charge >= 0.3 is 0 Å². The molecule has 0 atom stereocenters. The molecule has 0 amide bonds. The predicted molar refractivity (Wildman–Crippen MR) is 123 cm³/mol. The number of aromatic amines is 1. The minimum absolute atomic E-state index is 0.0884. The number of sulfonamides is 1. The lowest BCUT2D eigenvalue weighted by atomic mass is 9.72. The second-order valence-corrected chi connectivity index (χ2v) is 8.93. The van der Waals surface area contributed by atoms with Gasteiger partial charge in [0.1, 0.15) is 0 Å². The molecule has 1 aliphatic rings. The molecule has 0 unspecified atom stereocenters. The number of benzene rings is 1. The number of hydrogen-bond donors (Lipinski definition) is 1. The first-order valence-electron chi connectivity index (χ1n) is 10.6. The van der Waals surface area contributed by atoms with E-state index in [2.05, 4.69) is 26.5 Å². The number of tetrazole rings is 1. The monoisotopic (exact) mass is 441 g/mol. The zero-order valence-corrected chi connectivity index (χ0v) is 19.3. The van der Waals surface area contributed by atoms with Crippen molar-refractivity contribution < 1.29 is 8.42 Å². The van der Waals surface area contributed by atoms with Crippen LogP contribution in [0.15, 0.2) is 53.5 Å². The van der Waals surface area contributed by atoms with Crippen LogP contribution in [0.4, 0.5) is 0 Å². The number of piperidine rings is 1. The second kappa shape index (κ2) is 11.6. The summed E-state index contributed by atoms with van der Waals surface area (Å²) in [6, 6.07) is 9.95. The highest BCUT2D eigenvalue weighted by Gasteiger charge is 2.44. The number of nitrogens with zero attached hydrogens (tertiary/aromatic N) is 4. The molecule has 3 rings (SSSR count). The molecule has 7 nitrogen and oxygen atoms in total. The molecule has 31 heavy (non-hydrogen) atoms. The van der Waals surface area contributed by atoms with Gasteiger partial charge in [-0.15, -0.1) is 22.5 Å². The lowest BCUT2D eigenvalue weighted by Gasteiger charge is -2.39. The van der Waals surface area contributed by atoms with Gasteiger partial charge in [0.05, 0.1) is 10.3 Å². The second-order valence-electron chi connectivity index (χ2n) is 6.94. The maximum atomic E-state index is 13.2. The summed E-state index contributed by atoms with van der Waals surface area (Å²) in [4.78, 5) is 0.282. The average molecular weight is 442 g/mol. The van der Waals surface area contributed by atoms with E-state index in [0.29, 0.717) is 38.2 Å². The van der Waals surface area contributed by atoms with Crippen LogP contribution >= 0.6 is 0 Å². The molecule has 1 saturated heterocycles. The van der Waals surface area contributed by atoms with Gasteiger partial charge < -0.3 is 0 Å². The van der Waals surface area contributed by atoms with Crippen LogP contribution in [0.5, 0.6) is 0 Å². The van der Waals surface area contributed by atoms with Crippen LogP contribution in [-0.4, -0.2) is 46.4 Å². The van der Waals surface area contributed by atoms with E-state index in [1.807, 2.05) is 63.3 Å². The highest BCUT2D eigenvalue weighted by Crippen LogP contribution is 2.40. The lowest BCUT2D eigenvalue weighted by molar-refractivity contribution is 0.258. The van der Waals surface area contributed by atoms with Gasteiger partial charge in [-0.3, -0.25) is 0 Å². The van der Waals surface area contributed by atoms with E-state index >= 15 is 0 Å². The summed E-state index contributed by atoms with van der Waals surface area (Å²) in [7, 11) is -3.61. The Labute approximate surface area is 185 Å². The largest absolute Gasteiger partial charge is 0.239 e. The smallest absolute Gasteiger partial charge is 0.207 e. The molecule has 1 aliphatic heterocycles. The Morgan fingerprint density at radius 3 is 2.48 bits per heavy atom. The minimum atomic E-state index is -3.61. The fourth-order valence-electron chi connectivity index (χ4n) is 3.74. The summed E-state index contributed by atoms with van der Waals surface area (Å²) in [5.41, 5.74) is 0.590. The molecule has 0 radical (unpaired) electrons. The Morgan fingerprint density at radius 2 is 1.94 bits per heavy atom. The van der Waals surface area contributed by atoms with Crippen molar-refractivity contribution in [3.05, 3.63) is 64.9 Å². The van der Waals surface area contributed by atoms with Crippen LogP contribution in [0.2, 0.25) is 0 Å².